The highest BCUT2D eigenvalue weighted by molar-refractivity contribution is 7.92. The summed E-state index contributed by atoms with van der Waals surface area (Å²) in [6.07, 6.45) is 0. The molecular weight excluding hydrogens is 246 g/mol. The Morgan fingerprint density at radius 3 is 2.56 bits per heavy atom. The zero-order valence-corrected chi connectivity index (χ0v) is 10.9. The van der Waals surface area contributed by atoms with Gasteiger partial charge in [0.15, 0.2) is 9.84 Å². The fraction of sp³-hybridized carbons (Fsp3) is 0.455. The maximum absolute atomic E-state index is 11.7. The van der Waals surface area contributed by atoms with Gasteiger partial charge in [0.25, 0.3) is 0 Å². The fourth-order valence-electron chi connectivity index (χ4n) is 1.47. The lowest BCUT2D eigenvalue weighted by Crippen LogP contribution is -2.32. The van der Waals surface area contributed by atoms with Gasteiger partial charge in [0.1, 0.15) is 0 Å². The molecule has 2 N–H and O–H groups in total. The molecular formula is C11H16ClNO2S. The fourth-order valence-corrected chi connectivity index (χ4v) is 2.80. The third kappa shape index (κ3) is 2.97. The van der Waals surface area contributed by atoms with E-state index in [1.54, 1.807) is 38.1 Å². The molecule has 0 aromatic heterocycles. The molecule has 3 nitrogen and oxygen atoms in total. The minimum absolute atomic E-state index is 0.0996. The molecule has 0 bridgehead atoms. The van der Waals surface area contributed by atoms with E-state index in [0.717, 1.165) is 5.56 Å². The average Bonchev–Trinajstić information content (AvgIpc) is 2.27. The van der Waals surface area contributed by atoms with E-state index < -0.39 is 21.1 Å². The van der Waals surface area contributed by atoms with Crippen LogP contribution in [0.3, 0.4) is 0 Å². The Labute approximate surface area is 102 Å². The van der Waals surface area contributed by atoms with E-state index in [1.165, 1.54) is 0 Å². The van der Waals surface area contributed by atoms with Crippen LogP contribution in [-0.4, -0.2) is 19.4 Å². The lowest BCUT2D eigenvalue weighted by molar-refractivity contribution is 0.566. The molecule has 0 fully saturated rings. The van der Waals surface area contributed by atoms with Crippen molar-refractivity contribution >= 4 is 21.4 Å². The van der Waals surface area contributed by atoms with Gasteiger partial charge < -0.3 is 5.73 Å². The molecule has 5 heteroatoms. The van der Waals surface area contributed by atoms with Crippen LogP contribution in [0.5, 0.6) is 0 Å². The lowest BCUT2D eigenvalue weighted by Gasteiger charge is -2.20. The van der Waals surface area contributed by atoms with E-state index in [-0.39, 0.29) is 5.75 Å². The summed E-state index contributed by atoms with van der Waals surface area (Å²) in [6, 6.07) is 6.45. The molecule has 0 unspecified atom stereocenters. The first-order chi connectivity index (χ1) is 7.38. The summed E-state index contributed by atoms with van der Waals surface area (Å²) in [5.41, 5.74) is 6.68. The highest BCUT2D eigenvalue weighted by atomic mass is 35.5. The molecule has 0 amide bonds. The molecule has 0 aliphatic carbocycles. The summed E-state index contributed by atoms with van der Waals surface area (Å²) >= 11 is 5.84. The van der Waals surface area contributed by atoms with Gasteiger partial charge in [0, 0.05) is 16.8 Å². The topological polar surface area (TPSA) is 60.2 Å². The Bertz CT molecular complexity index is 459. The molecule has 0 saturated heterocycles. The van der Waals surface area contributed by atoms with Crippen LogP contribution in [0.2, 0.25) is 5.02 Å². The molecule has 0 saturated carbocycles. The Balaban J connectivity index is 2.99. The molecule has 1 aromatic rings. The molecule has 0 heterocycles. The first-order valence-corrected chi connectivity index (χ1v) is 7.20. The number of nitrogens with two attached hydrogens (primary N) is 1. The second kappa shape index (κ2) is 5.17. The van der Waals surface area contributed by atoms with Gasteiger partial charge in [-0.25, -0.2) is 8.42 Å². The van der Waals surface area contributed by atoms with Crippen molar-refractivity contribution < 1.29 is 8.42 Å². The van der Waals surface area contributed by atoms with E-state index in [9.17, 15) is 8.42 Å². The van der Waals surface area contributed by atoms with Crippen LogP contribution in [0.4, 0.5) is 0 Å². The minimum Gasteiger partial charge on any atom is -0.323 e. The number of rotatable bonds is 4. The van der Waals surface area contributed by atoms with Gasteiger partial charge in [0.05, 0.1) is 5.25 Å². The van der Waals surface area contributed by atoms with E-state index in [1.807, 2.05) is 0 Å². The molecule has 1 rings (SSSR count). The van der Waals surface area contributed by atoms with Crippen LogP contribution < -0.4 is 5.73 Å². The quantitative estimate of drug-likeness (QED) is 0.904. The molecule has 0 radical (unpaired) electrons. The van der Waals surface area contributed by atoms with Crippen LogP contribution in [-0.2, 0) is 9.84 Å². The monoisotopic (exact) mass is 261 g/mol. The smallest absolute Gasteiger partial charge is 0.154 e. The molecule has 0 spiro atoms. The number of benzene rings is 1. The Hall–Kier alpha value is -0.580. The summed E-state index contributed by atoms with van der Waals surface area (Å²) in [5, 5.41) is -0.0370. The van der Waals surface area contributed by atoms with Gasteiger partial charge in [-0.1, -0.05) is 30.7 Å². The van der Waals surface area contributed by atoms with E-state index in [0.29, 0.717) is 5.02 Å². The van der Waals surface area contributed by atoms with Crippen molar-refractivity contribution in [1.29, 1.82) is 0 Å². The Kier molecular flexibility index (Phi) is 4.35. The van der Waals surface area contributed by atoms with Gasteiger partial charge in [-0.05, 0) is 24.6 Å². The van der Waals surface area contributed by atoms with Gasteiger partial charge in [-0.2, -0.15) is 0 Å². The second-order valence-corrected chi connectivity index (χ2v) is 6.82. The van der Waals surface area contributed by atoms with E-state index in [2.05, 4.69) is 0 Å². The van der Waals surface area contributed by atoms with Gasteiger partial charge in [-0.15, -0.1) is 0 Å². The Morgan fingerprint density at radius 1 is 1.44 bits per heavy atom. The Morgan fingerprint density at radius 2 is 2.06 bits per heavy atom. The van der Waals surface area contributed by atoms with Gasteiger partial charge in [-0.3, -0.25) is 0 Å². The zero-order chi connectivity index (χ0) is 12.3. The van der Waals surface area contributed by atoms with Crippen molar-refractivity contribution in [2.24, 2.45) is 5.73 Å². The third-order valence-electron chi connectivity index (χ3n) is 2.71. The van der Waals surface area contributed by atoms with Crippen molar-refractivity contribution in [2.75, 3.05) is 5.75 Å². The van der Waals surface area contributed by atoms with E-state index in [4.69, 9.17) is 17.3 Å². The number of hydrogen-bond acceptors (Lipinski definition) is 3. The molecule has 16 heavy (non-hydrogen) atoms. The average molecular weight is 262 g/mol. The summed E-state index contributed by atoms with van der Waals surface area (Å²) in [4.78, 5) is 0. The largest absolute Gasteiger partial charge is 0.323 e. The normalized spacial score (nSPS) is 15.8. The number of halogens is 1. The van der Waals surface area contributed by atoms with Crippen molar-refractivity contribution in [3.05, 3.63) is 34.9 Å². The van der Waals surface area contributed by atoms with Crippen molar-refractivity contribution in [3.8, 4) is 0 Å². The molecule has 0 aliphatic heterocycles. The maximum Gasteiger partial charge on any atom is 0.154 e. The van der Waals surface area contributed by atoms with Crippen LogP contribution in [0.15, 0.2) is 24.3 Å². The standard InChI is InChI=1S/C11H16ClNO2S/c1-3-16(14,15)8(2)11(13)9-5-4-6-10(12)7-9/h4-8,11H,3,13H2,1-2H3/t8-,11-/m1/s1. The molecule has 90 valence electrons. The number of sulfone groups is 1. The summed E-state index contributed by atoms with van der Waals surface area (Å²) in [7, 11) is -3.13. The van der Waals surface area contributed by atoms with Crippen LogP contribution >= 0.6 is 11.6 Å². The second-order valence-electron chi connectivity index (χ2n) is 3.74. The predicted molar refractivity (Wildman–Crippen MR) is 67.3 cm³/mol. The first-order valence-electron chi connectivity index (χ1n) is 5.11. The van der Waals surface area contributed by atoms with E-state index >= 15 is 0 Å². The zero-order valence-electron chi connectivity index (χ0n) is 9.35. The van der Waals surface area contributed by atoms with Crippen molar-refractivity contribution in [3.63, 3.8) is 0 Å². The summed E-state index contributed by atoms with van der Waals surface area (Å²) < 4.78 is 23.4. The van der Waals surface area contributed by atoms with Gasteiger partial charge in [0.2, 0.25) is 0 Å². The third-order valence-corrected chi connectivity index (χ3v) is 5.17. The number of hydrogen-bond donors (Lipinski definition) is 1. The van der Waals surface area contributed by atoms with Crippen LogP contribution in [0.1, 0.15) is 25.5 Å². The first kappa shape index (κ1) is 13.5. The minimum atomic E-state index is -3.13. The molecule has 1 aromatic carbocycles. The van der Waals surface area contributed by atoms with Crippen LogP contribution in [0, 0.1) is 0 Å². The highest BCUT2D eigenvalue weighted by Crippen LogP contribution is 2.22. The van der Waals surface area contributed by atoms with Gasteiger partial charge >= 0.3 is 0 Å². The lowest BCUT2D eigenvalue weighted by atomic mass is 10.1. The summed E-state index contributed by atoms with van der Waals surface area (Å²) in [6.45, 7) is 3.25. The molecule has 2 atom stereocenters. The van der Waals surface area contributed by atoms with Crippen LogP contribution in [0.25, 0.3) is 0 Å². The SMILES string of the molecule is CCS(=O)(=O)[C@H](C)[C@@H](N)c1cccc(Cl)c1. The summed E-state index contributed by atoms with van der Waals surface area (Å²) in [5.74, 6) is 0.0996. The highest BCUT2D eigenvalue weighted by Gasteiger charge is 2.26. The molecule has 0 aliphatic rings. The maximum atomic E-state index is 11.7. The van der Waals surface area contributed by atoms with Crippen molar-refractivity contribution in [2.45, 2.75) is 25.1 Å². The van der Waals surface area contributed by atoms with Crippen molar-refractivity contribution in [1.82, 2.24) is 0 Å². The predicted octanol–water partition coefficient (Wildman–Crippen LogP) is 2.16.